The number of benzene rings is 2. The first-order valence-corrected chi connectivity index (χ1v) is 8.25. The van der Waals surface area contributed by atoms with Crippen LogP contribution in [0.15, 0.2) is 42.5 Å². The van der Waals surface area contributed by atoms with E-state index in [-0.39, 0.29) is 25.1 Å². The van der Waals surface area contributed by atoms with Crippen LogP contribution >= 0.6 is 0 Å². The lowest BCUT2D eigenvalue weighted by molar-refractivity contribution is -0.136. The van der Waals surface area contributed by atoms with Crippen molar-refractivity contribution in [2.75, 3.05) is 32.2 Å². The van der Waals surface area contributed by atoms with Crippen molar-refractivity contribution in [3.63, 3.8) is 0 Å². The third-order valence-corrected chi connectivity index (χ3v) is 3.61. The molecule has 0 bridgehead atoms. The van der Waals surface area contributed by atoms with Gasteiger partial charge in [-0.3, -0.25) is 9.59 Å². The van der Waals surface area contributed by atoms with Gasteiger partial charge in [-0.25, -0.2) is 8.78 Å². The molecule has 0 radical (unpaired) electrons. The Morgan fingerprint density at radius 2 is 1.67 bits per heavy atom. The van der Waals surface area contributed by atoms with Gasteiger partial charge in [-0.05, 0) is 30.7 Å². The molecular formula is C19H20F2N2O4. The number of ether oxygens (including phenoxy) is 2. The summed E-state index contributed by atoms with van der Waals surface area (Å²) in [6.45, 7) is 0.565. The van der Waals surface area contributed by atoms with Crippen molar-refractivity contribution in [3.8, 4) is 5.75 Å². The molecule has 0 fully saturated rings. The zero-order valence-electron chi connectivity index (χ0n) is 14.8. The third kappa shape index (κ3) is 6.03. The minimum atomic E-state index is -0.918. The Morgan fingerprint density at radius 1 is 0.963 bits per heavy atom. The van der Waals surface area contributed by atoms with Crippen LogP contribution in [-0.4, -0.2) is 38.7 Å². The summed E-state index contributed by atoms with van der Waals surface area (Å²) in [4.78, 5) is 23.9. The molecule has 0 aliphatic heterocycles. The van der Waals surface area contributed by atoms with Gasteiger partial charge in [0.1, 0.15) is 24.0 Å². The van der Waals surface area contributed by atoms with Crippen LogP contribution < -0.4 is 15.4 Å². The Bertz CT molecular complexity index is 779. The Hall–Kier alpha value is -3.00. The van der Waals surface area contributed by atoms with Crippen LogP contribution in [0, 0.1) is 11.6 Å². The molecule has 0 aromatic heterocycles. The first-order valence-electron chi connectivity index (χ1n) is 8.25. The van der Waals surface area contributed by atoms with E-state index in [9.17, 15) is 18.4 Å². The molecule has 2 aromatic rings. The fraction of sp³-hybridized carbons (Fsp3) is 0.263. The molecule has 2 amide bonds. The number of anilines is 1. The predicted octanol–water partition coefficient (Wildman–Crippen LogP) is 2.29. The van der Waals surface area contributed by atoms with E-state index in [1.165, 1.54) is 13.2 Å². The monoisotopic (exact) mass is 378 g/mol. The minimum absolute atomic E-state index is 0.0752. The number of hydrogen-bond acceptors (Lipinski definition) is 4. The van der Waals surface area contributed by atoms with Crippen LogP contribution in [0.3, 0.4) is 0 Å². The van der Waals surface area contributed by atoms with Gasteiger partial charge in [0.25, 0.3) is 0 Å². The maximum absolute atomic E-state index is 13.5. The fourth-order valence-corrected chi connectivity index (χ4v) is 2.26. The van der Waals surface area contributed by atoms with Crippen molar-refractivity contribution in [1.29, 1.82) is 0 Å². The van der Waals surface area contributed by atoms with E-state index in [4.69, 9.17) is 9.47 Å². The summed E-state index contributed by atoms with van der Waals surface area (Å²) in [6.07, 6.45) is -0.0752. The van der Waals surface area contributed by atoms with Crippen molar-refractivity contribution in [3.05, 3.63) is 59.7 Å². The van der Waals surface area contributed by atoms with E-state index >= 15 is 0 Å². The molecule has 27 heavy (non-hydrogen) atoms. The normalized spacial score (nSPS) is 10.3. The van der Waals surface area contributed by atoms with Crippen LogP contribution in [0.1, 0.15) is 5.56 Å². The van der Waals surface area contributed by atoms with E-state index < -0.39 is 23.4 Å². The minimum Gasteiger partial charge on any atom is -0.489 e. The smallest absolute Gasteiger partial charge is 0.313 e. The van der Waals surface area contributed by atoms with Gasteiger partial charge >= 0.3 is 11.8 Å². The molecule has 0 saturated heterocycles. The molecule has 0 aliphatic rings. The van der Waals surface area contributed by atoms with E-state index in [0.29, 0.717) is 18.0 Å². The number of hydrogen-bond donors (Lipinski definition) is 2. The number of carbonyl (C=O) groups excluding carboxylic acids is 2. The maximum atomic E-state index is 13.5. The molecule has 144 valence electrons. The highest BCUT2D eigenvalue weighted by Crippen LogP contribution is 2.23. The SMILES string of the molecule is COCCOc1ccccc1NC(=O)C(=O)NCCc1c(F)cccc1F. The van der Waals surface area contributed by atoms with E-state index in [1.807, 2.05) is 0 Å². The van der Waals surface area contributed by atoms with Crippen molar-refractivity contribution < 1.29 is 27.8 Å². The first kappa shape index (κ1) is 20.3. The number of nitrogens with one attached hydrogen (secondary N) is 2. The first-order chi connectivity index (χ1) is 13.0. The highest BCUT2D eigenvalue weighted by Gasteiger charge is 2.16. The molecule has 8 heteroatoms. The van der Waals surface area contributed by atoms with Crippen LogP contribution in [0.25, 0.3) is 0 Å². The van der Waals surface area contributed by atoms with Gasteiger partial charge in [0, 0.05) is 19.2 Å². The number of amides is 2. The van der Waals surface area contributed by atoms with Crippen LogP contribution in [0.5, 0.6) is 5.75 Å². The van der Waals surface area contributed by atoms with E-state index in [1.54, 1.807) is 24.3 Å². The molecule has 0 saturated carbocycles. The van der Waals surface area contributed by atoms with Crippen LogP contribution in [0.4, 0.5) is 14.5 Å². The maximum Gasteiger partial charge on any atom is 0.313 e. The number of para-hydroxylation sites is 2. The Balaban J connectivity index is 1.88. The molecule has 0 heterocycles. The highest BCUT2D eigenvalue weighted by molar-refractivity contribution is 6.39. The van der Waals surface area contributed by atoms with Gasteiger partial charge in [-0.2, -0.15) is 0 Å². The fourth-order valence-electron chi connectivity index (χ4n) is 2.26. The summed E-state index contributed by atoms with van der Waals surface area (Å²) in [5.74, 6) is -2.83. The number of rotatable bonds is 8. The lowest BCUT2D eigenvalue weighted by atomic mass is 10.1. The molecule has 0 atom stereocenters. The van der Waals surface area contributed by atoms with E-state index in [2.05, 4.69) is 10.6 Å². The largest absolute Gasteiger partial charge is 0.489 e. The Morgan fingerprint density at radius 3 is 2.37 bits per heavy atom. The molecular weight excluding hydrogens is 358 g/mol. The van der Waals surface area contributed by atoms with Gasteiger partial charge in [0.2, 0.25) is 0 Å². The summed E-state index contributed by atoms with van der Waals surface area (Å²) in [5.41, 5.74) is 0.184. The second-order valence-corrected chi connectivity index (χ2v) is 5.50. The summed E-state index contributed by atoms with van der Waals surface area (Å²) < 4.78 is 37.4. The second-order valence-electron chi connectivity index (χ2n) is 5.50. The van der Waals surface area contributed by atoms with E-state index in [0.717, 1.165) is 12.1 Å². The molecule has 2 rings (SSSR count). The van der Waals surface area contributed by atoms with Crippen LogP contribution in [-0.2, 0) is 20.7 Å². The third-order valence-electron chi connectivity index (χ3n) is 3.61. The highest BCUT2D eigenvalue weighted by atomic mass is 19.1. The second kappa shape index (κ2) is 10.2. The van der Waals surface area contributed by atoms with Crippen molar-refractivity contribution in [2.24, 2.45) is 0 Å². The van der Waals surface area contributed by atoms with Gasteiger partial charge < -0.3 is 20.1 Å². The van der Waals surface area contributed by atoms with Crippen molar-refractivity contribution in [1.82, 2.24) is 5.32 Å². The zero-order valence-corrected chi connectivity index (χ0v) is 14.8. The Kier molecular flexibility index (Phi) is 7.69. The molecule has 2 aromatic carbocycles. The van der Waals surface area contributed by atoms with Crippen molar-refractivity contribution >= 4 is 17.5 Å². The summed E-state index contributed by atoms with van der Waals surface area (Å²) in [6, 6.07) is 10.2. The molecule has 6 nitrogen and oxygen atoms in total. The Labute approximate surface area is 155 Å². The number of methoxy groups -OCH3 is 1. The van der Waals surface area contributed by atoms with Gasteiger partial charge in [0.05, 0.1) is 12.3 Å². The standard InChI is InChI=1S/C19H20F2N2O4/c1-26-11-12-27-17-8-3-2-7-16(17)23-19(25)18(24)22-10-9-13-14(20)5-4-6-15(13)21/h2-8H,9-12H2,1H3,(H,22,24)(H,23,25). The molecule has 0 unspecified atom stereocenters. The predicted molar refractivity (Wildman–Crippen MR) is 95.5 cm³/mol. The average molecular weight is 378 g/mol. The zero-order chi connectivity index (χ0) is 19.6. The molecule has 0 spiro atoms. The molecule has 0 aliphatic carbocycles. The lowest BCUT2D eigenvalue weighted by Gasteiger charge is -2.12. The summed E-state index contributed by atoms with van der Waals surface area (Å²) in [7, 11) is 1.54. The molecule has 2 N–H and O–H groups in total. The lowest BCUT2D eigenvalue weighted by Crippen LogP contribution is -2.36. The van der Waals surface area contributed by atoms with Gasteiger partial charge in [-0.15, -0.1) is 0 Å². The van der Waals surface area contributed by atoms with Crippen LogP contribution in [0.2, 0.25) is 0 Å². The number of halogens is 2. The quantitative estimate of drug-likeness (QED) is 0.546. The van der Waals surface area contributed by atoms with Gasteiger partial charge in [0.15, 0.2) is 0 Å². The van der Waals surface area contributed by atoms with Crippen molar-refractivity contribution in [2.45, 2.75) is 6.42 Å². The summed E-state index contributed by atoms with van der Waals surface area (Å²) >= 11 is 0. The summed E-state index contributed by atoms with van der Waals surface area (Å²) in [5, 5.41) is 4.78. The average Bonchev–Trinajstić information content (AvgIpc) is 2.65. The van der Waals surface area contributed by atoms with Gasteiger partial charge in [-0.1, -0.05) is 18.2 Å². The number of carbonyl (C=O) groups is 2. The topological polar surface area (TPSA) is 76.7 Å².